The Morgan fingerprint density at radius 2 is 1.94 bits per heavy atom. The maximum absolute atomic E-state index is 13.2. The number of methoxy groups -OCH3 is 1. The van der Waals surface area contributed by atoms with Crippen LogP contribution >= 0.6 is 0 Å². The number of amides is 1. The maximum Gasteiger partial charge on any atom is 0.270 e. The number of nitrogens with zero attached hydrogens (tertiary/aromatic N) is 3. The molecule has 1 amide bonds. The number of benzene rings is 2. The first kappa shape index (κ1) is 22.1. The summed E-state index contributed by atoms with van der Waals surface area (Å²) in [6.45, 7) is 3.74. The highest BCUT2D eigenvalue weighted by atomic mass is 16.6. The van der Waals surface area contributed by atoms with Gasteiger partial charge in [0.15, 0.2) is 0 Å². The number of ether oxygens (including phenoxy) is 1. The van der Waals surface area contributed by atoms with E-state index in [1.807, 2.05) is 42.6 Å². The molecule has 3 aromatic rings. The second kappa shape index (κ2) is 10.4. The lowest BCUT2D eigenvalue weighted by atomic mass is 10.1. The molecule has 0 aliphatic heterocycles. The fourth-order valence-electron chi connectivity index (χ4n) is 3.45. The zero-order valence-corrected chi connectivity index (χ0v) is 17.9. The average molecular weight is 421 g/mol. The predicted octanol–water partition coefficient (Wildman–Crippen LogP) is 4.90. The Morgan fingerprint density at radius 1 is 1.13 bits per heavy atom. The van der Waals surface area contributed by atoms with E-state index in [9.17, 15) is 14.9 Å². The first-order chi connectivity index (χ1) is 15.0. The van der Waals surface area contributed by atoms with Crippen molar-refractivity contribution in [2.45, 2.75) is 32.9 Å². The van der Waals surface area contributed by atoms with Crippen LogP contribution in [0.5, 0.6) is 5.75 Å². The van der Waals surface area contributed by atoms with Crippen LogP contribution < -0.4 is 4.74 Å². The van der Waals surface area contributed by atoms with Gasteiger partial charge in [-0.3, -0.25) is 14.9 Å². The van der Waals surface area contributed by atoms with Crippen molar-refractivity contribution in [3.8, 4) is 5.75 Å². The summed E-state index contributed by atoms with van der Waals surface area (Å²) >= 11 is 0. The second-order valence-corrected chi connectivity index (χ2v) is 7.37. The van der Waals surface area contributed by atoms with Crippen LogP contribution in [0.1, 0.15) is 41.4 Å². The lowest BCUT2D eigenvalue weighted by Crippen LogP contribution is -2.32. The van der Waals surface area contributed by atoms with Gasteiger partial charge < -0.3 is 14.2 Å². The van der Waals surface area contributed by atoms with Crippen LogP contribution in [0.4, 0.5) is 5.69 Å². The van der Waals surface area contributed by atoms with Crippen molar-refractivity contribution < 1.29 is 14.5 Å². The van der Waals surface area contributed by atoms with E-state index >= 15 is 0 Å². The molecule has 0 N–H and O–H groups in total. The van der Waals surface area contributed by atoms with E-state index in [1.54, 1.807) is 24.1 Å². The molecular weight excluding hydrogens is 394 g/mol. The van der Waals surface area contributed by atoms with Crippen molar-refractivity contribution in [2.75, 3.05) is 13.7 Å². The van der Waals surface area contributed by atoms with Gasteiger partial charge in [0, 0.05) is 42.7 Å². The lowest BCUT2D eigenvalue weighted by Gasteiger charge is -2.24. The molecule has 0 fully saturated rings. The normalized spacial score (nSPS) is 10.6. The number of carbonyl (C=O) groups excluding carboxylic acids is 1. The molecule has 0 atom stereocenters. The molecule has 0 unspecified atom stereocenters. The zero-order chi connectivity index (χ0) is 22.2. The highest BCUT2D eigenvalue weighted by Gasteiger charge is 2.19. The molecule has 1 aromatic heterocycles. The number of carbonyl (C=O) groups is 1. The number of nitro benzene ring substituents is 1. The van der Waals surface area contributed by atoms with Crippen LogP contribution in [0, 0.1) is 10.1 Å². The topological polar surface area (TPSA) is 77.6 Å². The summed E-state index contributed by atoms with van der Waals surface area (Å²) in [6.07, 6.45) is 3.80. The molecule has 162 valence electrons. The first-order valence-corrected chi connectivity index (χ1v) is 10.3. The zero-order valence-electron chi connectivity index (χ0n) is 17.9. The largest absolute Gasteiger partial charge is 0.497 e. The van der Waals surface area contributed by atoms with Crippen LogP contribution in [0.25, 0.3) is 0 Å². The number of hydrogen-bond acceptors (Lipinski definition) is 4. The number of non-ortho nitro benzene ring substituents is 1. The van der Waals surface area contributed by atoms with Gasteiger partial charge in [-0.05, 0) is 42.3 Å². The summed E-state index contributed by atoms with van der Waals surface area (Å²) in [5, 5.41) is 11.1. The van der Waals surface area contributed by atoms with Crippen LogP contribution in [0.15, 0.2) is 66.9 Å². The van der Waals surface area contributed by atoms with Crippen molar-refractivity contribution in [2.24, 2.45) is 0 Å². The Kier molecular flexibility index (Phi) is 7.43. The highest BCUT2D eigenvalue weighted by molar-refractivity contribution is 5.94. The summed E-state index contributed by atoms with van der Waals surface area (Å²) in [7, 11) is 1.64. The number of hydrogen-bond donors (Lipinski definition) is 0. The summed E-state index contributed by atoms with van der Waals surface area (Å²) in [6, 6.07) is 17.8. The fraction of sp³-hybridized carbons (Fsp3) is 0.292. The Labute approximate surface area is 182 Å². The van der Waals surface area contributed by atoms with E-state index in [4.69, 9.17) is 4.74 Å². The van der Waals surface area contributed by atoms with E-state index in [-0.39, 0.29) is 11.6 Å². The molecule has 7 nitrogen and oxygen atoms in total. The van der Waals surface area contributed by atoms with Gasteiger partial charge in [-0.1, -0.05) is 31.5 Å². The van der Waals surface area contributed by atoms with Gasteiger partial charge in [0.05, 0.1) is 18.6 Å². The Hall–Kier alpha value is -3.61. The van der Waals surface area contributed by atoms with E-state index in [2.05, 4.69) is 11.5 Å². The lowest BCUT2D eigenvalue weighted by molar-refractivity contribution is -0.384. The van der Waals surface area contributed by atoms with E-state index < -0.39 is 4.92 Å². The Balaban J connectivity index is 1.81. The first-order valence-electron chi connectivity index (χ1n) is 10.3. The van der Waals surface area contributed by atoms with Gasteiger partial charge in [0.1, 0.15) is 5.75 Å². The third-order valence-electron chi connectivity index (χ3n) is 5.14. The summed E-state index contributed by atoms with van der Waals surface area (Å²) in [4.78, 5) is 25.6. The number of rotatable bonds is 10. The van der Waals surface area contributed by atoms with Crippen molar-refractivity contribution in [1.82, 2.24) is 9.47 Å². The van der Waals surface area contributed by atoms with Crippen molar-refractivity contribution in [1.29, 1.82) is 0 Å². The van der Waals surface area contributed by atoms with Crippen LogP contribution in [0.3, 0.4) is 0 Å². The van der Waals surface area contributed by atoms with Crippen LogP contribution in [0.2, 0.25) is 0 Å². The molecule has 0 saturated carbocycles. The van der Waals surface area contributed by atoms with Gasteiger partial charge in [0.2, 0.25) is 0 Å². The third-order valence-corrected chi connectivity index (χ3v) is 5.14. The van der Waals surface area contributed by atoms with Gasteiger partial charge >= 0.3 is 0 Å². The van der Waals surface area contributed by atoms with Crippen molar-refractivity contribution >= 4 is 11.6 Å². The minimum absolute atomic E-state index is 0.0808. The standard InChI is InChI=1S/C24H27N3O4/c1-3-4-13-26(24(28)20-9-6-10-21(16-20)27(29)30)18-22-11-7-14-25(22)17-19-8-5-12-23(15-19)31-2/h5-12,14-16H,3-4,13,17-18H2,1-2H3. The van der Waals surface area contributed by atoms with E-state index in [1.165, 1.54) is 12.1 Å². The second-order valence-electron chi connectivity index (χ2n) is 7.37. The molecule has 0 saturated heterocycles. The minimum Gasteiger partial charge on any atom is -0.497 e. The molecular formula is C24H27N3O4. The average Bonchev–Trinajstić information content (AvgIpc) is 3.22. The maximum atomic E-state index is 13.2. The molecule has 0 spiro atoms. The highest BCUT2D eigenvalue weighted by Crippen LogP contribution is 2.19. The Morgan fingerprint density at radius 3 is 2.68 bits per heavy atom. The smallest absolute Gasteiger partial charge is 0.270 e. The van der Waals surface area contributed by atoms with Crippen molar-refractivity contribution in [3.63, 3.8) is 0 Å². The molecule has 0 aliphatic rings. The van der Waals surface area contributed by atoms with Crippen LogP contribution in [-0.4, -0.2) is 34.0 Å². The van der Waals surface area contributed by atoms with Gasteiger partial charge in [-0.15, -0.1) is 0 Å². The summed E-state index contributed by atoms with van der Waals surface area (Å²) in [5.41, 5.74) is 2.35. The summed E-state index contributed by atoms with van der Waals surface area (Å²) < 4.78 is 7.42. The molecule has 0 radical (unpaired) electrons. The minimum atomic E-state index is -0.480. The predicted molar refractivity (Wildman–Crippen MR) is 119 cm³/mol. The fourth-order valence-corrected chi connectivity index (χ4v) is 3.45. The van der Waals surface area contributed by atoms with Gasteiger partial charge in [-0.25, -0.2) is 0 Å². The number of aromatic nitrogens is 1. The van der Waals surface area contributed by atoms with Gasteiger partial charge in [-0.2, -0.15) is 0 Å². The third kappa shape index (κ3) is 5.72. The van der Waals surface area contributed by atoms with Gasteiger partial charge in [0.25, 0.3) is 11.6 Å². The number of unbranched alkanes of at least 4 members (excludes halogenated alkanes) is 1. The number of nitro groups is 1. The molecule has 3 rings (SSSR count). The molecule has 1 heterocycles. The molecule has 2 aromatic carbocycles. The summed E-state index contributed by atoms with van der Waals surface area (Å²) in [5.74, 6) is 0.600. The SMILES string of the molecule is CCCCN(Cc1cccn1Cc1cccc(OC)c1)C(=O)c1cccc([N+](=O)[O-])c1. The van der Waals surface area contributed by atoms with Crippen LogP contribution in [-0.2, 0) is 13.1 Å². The van der Waals surface area contributed by atoms with E-state index in [0.29, 0.717) is 25.2 Å². The monoisotopic (exact) mass is 421 g/mol. The molecule has 0 aliphatic carbocycles. The Bertz CT molecular complexity index is 1040. The van der Waals surface area contributed by atoms with Crippen molar-refractivity contribution in [3.05, 3.63) is 93.8 Å². The van der Waals surface area contributed by atoms with E-state index in [0.717, 1.165) is 29.8 Å². The molecule has 31 heavy (non-hydrogen) atoms. The molecule has 7 heteroatoms. The quantitative estimate of drug-likeness (QED) is 0.345. The molecule has 0 bridgehead atoms.